The van der Waals surface area contributed by atoms with E-state index in [2.05, 4.69) is 18.7 Å². The second kappa shape index (κ2) is 3.97. The van der Waals surface area contributed by atoms with Crippen LogP contribution >= 0.6 is 0 Å². The molecule has 0 N–H and O–H groups in total. The van der Waals surface area contributed by atoms with Gasteiger partial charge in [0.25, 0.3) is 0 Å². The molecule has 1 saturated carbocycles. The lowest BCUT2D eigenvalue weighted by Crippen LogP contribution is -2.42. The van der Waals surface area contributed by atoms with Gasteiger partial charge in [0.1, 0.15) is 0 Å². The summed E-state index contributed by atoms with van der Waals surface area (Å²) in [5, 5.41) is 0. The van der Waals surface area contributed by atoms with Gasteiger partial charge >= 0.3 is 0 Å². The topological polar surface area (TPSA) is 12.5 Å². The Balaban J connectivity index is 1.99. The quantitative estimate of drug-likeness (QED) is 0.648. The van der Waals surface area contributed by atoms with Crippen molar-refractivity contribution >= 4 is 0 Å². The number of rotatable bonds is 2. The van der Waals surface area contributed by atoms with Crippen molar-refractivity contribution in [3.8, 4) is 0 Å². The number of ether oxygens (including phenoxy) is 1. The van der Waals surface area contributed by atoms with Gasteiger partial charge in [-0.2, -0.15) is 0 Å². The zero-order valence-electron chi connectivity index (χ0n) is 8.83. The molecule has 0 aromatic rings. The molecule has 13 heavy (non-hydrogen) atoms. The minimum absolute atomic E-state index is 0.687. The molecule has 0 amide bonds. The van der Waals surface area contributed by atoms with Crippen molar-refractivity contribution in [1.29, 1.82) is 0 Å². The predicted molar refractivity (Wildman–Crippen MR) is 53.8 cm³/mol. The van der Waals surface area contributed by atoms with Crippen molar-refractivity contribution in [3.05, 3.63) is 0 Å². The number of nitrogens with zero attached hydrogens (tertiary/aromatic N) is 1. The highest BCUT2D eigenvalue weighted by molar-refractivity contribution is 4.90. The Bertz CT molecular complexity index is 155. The molecule has 0 radical (unpaired) electrons. The summed E-state index contributed by atoms with van der Waals surface area (Å²) in [6.45, 7) is 7.66. The molecule has 1 aliphatic heterocycles. The molecule has 0 aromatic heterocycles. The SMILES string of the molecule is CC(C)N1CCOCCC1C1CC1. The van der Waals surface area contributed by atoms with Gasteiger partial charge < -0.3 is 4.74 Å². The average Bonchev–Trinajstić information content (AvgIpc) is 2.91. The maximum Gasteiger partial charge on any atom is 0.0593 e. The molecule has 1 saturated heterocycles. The fourth-order valence-corrected chi connectivity index (χ4v) is 2.44. The molecule has 2 nitrogen and oxygen atoms in total. The second-order valence-electron chi connectivity index (χ2n) is 4.64. The van der Waals surface area contributed by atoms with Crippen molar-refractivity contribution in [2.24, 2.45) is 5.92 Å². The molecule has 1 unspecified atom stereocenters. The Labute approximate surface area is 81.3 Å². The van der Waals surface area contributed by atoms with Gasteiger partial charge in [0.2, 0.25) is 0 Å². The first-order chi connectivity index (χ1) is 6.29. The monoisotopic (exact) mass is 183 g/mol. The van der Waals surface area contributed by atoms with Gasteiger partial charge in [0, 0.05) is 25.2 Å². The van der Waals surface area contributed by atoms with Crippen LogP contribution in [0, 0.1) is 5.92 Å². The molecule has 2 fully saturated rings. The molecule has 2 heteroatoms. The Morgan fingerprint density at radius 3 is 2.54 bits per heavy atom. The highest BCUT2D eigenvalue weighted by Crippen LogP contribution is 2.38. The predicted octanol–water partition coefficient (Wildman–Crippen LogP) is 1.90. The van der Waals surface area contributed by atoms with E-state index in [-0.39, 0.29) is 0 Å². The molecular formula is C11H21NO. The molecule has 1 heterocycles. The van der Waals surface area contributed by atoms with Crippen LogP contribution in [0.25, 0.3) is 0 Å². The molecule has 76 valence electrons. The standard InChI is InChI=1S/C11H21NO/c1-9(2)12-6-8-13-7-5-11(12)10-3-4-10/h9-11H,3-8H2,1-2H3. The van der Waals surface area contributed by atoms with E-state index in [4.69, 9.17) is 4.74 Å². The van der Waals surface area contributed by atoms with E-state index in [9.17, 15) is 0 Å². The molecule has 2 aliphatic rings. The van der Waals surface area contributed by atoms with Crippen LogP contribution in [0.4, 0.5) is 0 Å². The summed E-state index contributed by atoms with van der Waals surface area (Å²) in [5.74, 6) is 0.990. The van der Waals surface area contributed by atoms with Crippen LogP contribution in [0.5, 0.6) is 0 Å². The average molecular weight is 183 g/mol. The first-order valence-corrected chi connectivity index (χ1v) is 5.62. The summed E-state index contributed by atoms with van der Waals surface area (Å²) in [6.07, 6.45) is 4.16. The number of hydrogen-bond donors (Lipinski definition) is 0. The fraction of sp³-hybridized carbons (Fsp3) is 1.00. The van der Waals surface area contributed by atoms with E-state index in [0.717, 1.165) is 31.7 Å². The van der Waals surface area contributed by atoms with E-state index >= 15 is 0 Å². The summed E-state index contributed by atoms with van der Waals surface area (Å²) in [4.78, 5) is 2.64. The van der Waals surface area contributed by atoms with Crippen LogP contribution in [-0.2, 0) is 4.74 Å². The fourth-order valence-electron chi connectivity index (χ4n) is 2.44. The van der Waals surface area contributed by atoms with Crippen LogP contribution in [-0.4, -0.2) is 36.7 Å². The third-order valence-corrected chi connectivity index (χ3v) is 3.31. The Morgan fingerprint density at radius 2 is 1.92 bits per heavy atom. The number of hydrogen-bond acceptors (Lipinski definition) is 2. The summed E-state index contributed by atoms with van der Waals surface area (Å²) < 4.78 is 5.54. The van der Waals surface area contributed by atoms with Crippen LogP contribution in [0.15, 0.2) is 0 Å². The lowest BCUT2D eigenvalue weighted by atomic mass is 10.1. The van der Waals surface area contributed by atoms with Crippen LogP contribution < -0.4 is 0 Å². The van der Waals surface area contributed by atoms with Gasteiger partial charge in [-0.15, -0.1) is 0 Å². The maximum absolute atomic E-state index is 5.54. The van der Waals surface area contributed by atoms with Crippen molar-refractivity contribution in [3.63, 3.8) is 0 Å². The van der Waals surface area contributed by atoms with Gasteiger partial charge in [-0.25, -0.2) is 0 Å². The van der Waals surface area contributed by atoms with Gasteiger partial charge in [0.05, 0.1) is 6.61 Å². The van der Waals surface area contributed by atoms with Crippen molar-refractivity contribution < 1.29 is 4.74 Å². The van der Waals surface area contributed by atoms with Crippen molar-refractivity contribution in [1.82, 2.24) is 4.90 Å². The molecule has 0 bridgehead atoms. The second-order valence-corrected chi connectivity index (χ2v) is 4.64. The largest absolute Gasteiger partial charge is 0.380 e. The third kappa shape index (κ3) is 2.23. The van der Waals surface area contributed by atoms with Crippen LogP contribution in [0.1, 0.15) is 33.1 Å². The third-order valence-electron chi connectivity index (χ3n) is 3.31. The summed E-state index contributed by atoms with van der Waals surface area (Å²) in [6, 6.07) is 1.51. The van der Waals surface area contributed by atoms with Gasteiger partial charge in [-0.3, -0.25) is 4.90 Å². The molecule has 1 aliphatic carbocycles. The molecule has 2 rings (SSSR count). The zero-order chi connectivity index (χ0) is 9.26. The van der Waals surface area contributed by atoms with Gasteiger partial charge in [-0.05, 0) is 39.0 Å². The first kappa shape index (κ1) is 9.47. The lowest BCUT2D eigenvalue weighted by molar-refractivity contribution is 0.125. The molecule has 0 aromatic carbocycles. The lowest BCUT2D eigenvalue weighted by Gasteiger charge is -2.32. The summed E-state index contributed by atoms with van der Waals surface area (Å²) in [5.41, 5.74) is 0. The molecule has 0 spiro atoms. The zero-order valence-corrected chi connectivity index (χ0v) is 8.83. The normalized spacial score (nSPS) is 32.1. The summed E-state index contributed by atoms with van der Waals surface area (Å²) >= 11 is 0. The van der Waals surface area contributed by atoms with Gasteiger partial charge in [-0.1, -0.05) is 0 Å². The Morgan fingerprint density at radius 1 is 1.15 bits per heavy atom. The maximum atomic E-state index is 5.54. The minimum Gasteiger partial charge on any atom is -0.380 e. The first-order valence-electron chi connectivity index (χ1n) is 5.62. The van der Waals surface area contributed by atoms with E-state index in [1.54, 1.807) is 0 Å². The van der Waals surface area contributed by atoms with E-state index in [1.165, 1.54) is 19.3 Å². The van der Waals surface area contributed by atoms with Gasteiger partial charge in [0.15, 0.2) is 0 Å². The van der Waals surface area contributed by atoms with E-state index in [1.807, 2.05) is 0 Å². The van der Waals surface area contributed by atoms with Crippen LogP contribution in [0.2, 0.25) is 0 Å². The highest BCUT2D eigenvalue weighted by atomic mass is 16.5. The molecular weight excluding hydrogens is 162 g/mol. The Kier molecular flexibility index (Phi) is 2.89. The molecule has 1 atom stereocenters. The summed E-state index contributed by atoms with van der Waals surface area (Å²) in [7, 11) is 0. The Hall–Kier alpha value is -0.0800. The minimum atomic E-state index is 0.687. The van der Waals surface area contributed by atoms with Crippen LogP contribution in [0.3, 0.4) is 0 Å². The smallest absolute Gasteiger partial charge is 0.0593 e. The van der Waals surface area contributed by atoms with Crippen molar-refractivity contribution in [2.75, 3.05) is 19.8 Å². The highest BCUT2D eigenvalue weighted by Gasteiger charge is 2.36. The van der Waals surface area contributed by atoms with Crippen molar-refractivity contribution in [2.45, 2.75) is 45.2 Å². The van der Waals surface area contributed by atoms with E-state index in [0.29, 0.717) is 6.04 Å². The van der Waals surface area contributed by atoms with E-state index < -0.39 is 0 Å².